The summed E-state index contributed by atoms with van der Waals surface area (Å²) in [6.45, 7) is 6.02. The number of piperidine rings is 1. The maximum atomic E-state index is 13.5. The summed E-state index contributed by atoms with van der Waals surface area (Å²) in [5.41, 5.74) is 0.00766. The van der Waals surface area contributed by atoms with Crippen molar-refractivity contribution in [1.82, 2.24) is 10.2 Å². The Balaban J connectivity index is 2.15. The van der Waals surface area contributed by atoms with Crippen LogP contribution in [-0.2, 0) is 23.9 Å². The zero-order chi connectivity index (χ0) is 24.1. The Kier molecular flexibility index (Phi) is 11.9. The van der Waals surface area contributed by atoms with Gasteiger partial charge in [0, 0.05) is 44.8 Å². The summed E-state index contributed by atoms with van der Waals surface area (Å²) in [4.78, 5) is 41.1. The average molecular weight is 465 g/mol. The van der Waals surface area contributed by atoms with Crippen LogP contribution in [0.2, 0.25) is 0 Å². The Bertz CT molecular complexity index is 678. The SMILES string of the molecule is CCCCCCCCN1C(=O)[C@H](CC(=O)NCCCOC)C[C@@]2(C(=O)OCC)CCCC=C12. The molecule has 1 heterocycles. The summed E-state index contributed by atoms with van der Waals surface area (Å²) in [5, 5.41) is 2.89. The molecule has 7 heteroatoms. The number of nitrogens with zero attached hydrogens (tertiary/aromatic N) is 1. The molecule has 188 valence electrons. The molecule has 2 atom stereocenters. The van der Waals surface area contributed by atoms with Crippen LogP contribution in [0.1, 0.15) is 90.9 Å². The van der Waals surface area contributed by atoms with Crippen molar-refractivity contribution >= 4 is 17.8 Å². The number of methoxy groups -OCH3 is 1. The molecule has 0 aromatic carbocycles. The van der Waals surface area contributed by atoms with Crippen LogP contribution in [0.4, 0.5) is 0 Å². The van der Waals surface area contributed by atoms with E-state index in [0.29, 0.717) is 39.1 Å². The summed E-state index contributed by atoms with van der Waals surface area (Å²) < 4.78 is 10.5. The number of hydrogen-bond acceptors (Lipinski definition) is 5. The van der Waals surface area contributed by atoms with Gasteiger partial charge in [0.25, 0.3) is 0 Å². The largest absolute Gasteiger partial charge is 0.465 e. The maximum absolute atomic E-state index is 13.5. The van der Waals surface area contributed by atoms with E-state index >= 15 is 0 Å². The molecule has 0 radical (unpaired) electrons. The van der Waals surface area contributed by atoms with E-state index in [2.05, 4.69) is 18.3 Å². The molecule has 1 saturated heterocycles. The van der Waals surface area contributed by atoms with E-state index in [1.807, 2.05) is 11.8 Å². The van der Waals surface area contributed by atoms with E-state index in [1.54, 1.807) is 7.11 Å². The van der Waals surface area contributed by atoms with E-state index in [9.17, 15) is 14.4 Å². The van der Waals surface area contributed by atoms with Gasteiger partial charge in [0.05, 0.1) is 6.61 Å². The van der Waals surface area contributed by atoms with Gasteiger partial charge >= 0.3 is 5.97 Å². The Morgan fingerprint density at radius 1 is 1.15 bits per heavy atom. The number of esters is 1. The van der Waals surface area contributed by atoms with Gasteiger partial charge in [-0.25, -0.2) is 0 Å². The first kappa shape index (κ1) is 27.4. The number of amides is 2. The number of rotatable bonds is 15. The lowest BCUT2D eigenvalue weighted by Crippen LogP contribution is -2.54. The van der Waals surface area contributed by atoms with Gasteiger partial charge in [0.2, 0.25) is 11.8 Å². The van der Waals surface area contributed by atoms with Crippen LogP contribution < -0.4 is 5.32 Å². The monoisotopic (exact) mass is 464 g/mol. The van der Waals surface area contributed by atoms with Crippen LogP contribution >= 0.6 is 0 Å². The number of unbranched alkanes of at least 4 members (excludes halogenated alkanes) is 5. The second-order valence-electron chi connectivity index (χ2n) is 9.34. The highest BCUT2D eigenvalue weighted by Gasteiger charge is 2.54. The predicted octanol–water partition coefficient (Wildman–Crippen LogP) is 4.36. The van der Waals surface area contributed by atoms with Crippen molar-refractivity contribution in [2.45, 2.75) is 90.9 Å². The van der Waals surface area contributed by atoms with E-state index in [4.69, 9.17) is 9.47 Å². The zero-order valence-electron chi connectivity index (χ0n) is 21.0. The number of fused-ring (bicyclic) bond motifs is 1. The van der Waals surface area contributed by atoms with Gasteiger partial charge < -0.3 is 19.7 Å². The van der Waals surface area contributed by atoms with E-state index in [0.717, 1.165) is 44.2 Å². The number of carbonyl (C=O) groups excluding carboxylic acids is 3. The van der Waals surface area contributed by atoms with Gasteiger partial charge in [-0.05, 0) is 45.4 Å². The summed E-state index contributed by atoms with van der Waals surface area (Å²) >= 11 is 0. The molecule has 0 saturated carbocycles. The molecule has 0 aromatic rings. The van der Waals surface area contributed by atoms with Crippen molar-refractivity contribution in [2.24, 2.45) is 11.3 Å². The van der Waals surface area contributed by atoms with Gasteiger partial charge in [-0.1, -0.05) is 45.1 Å². The van der Waals surface area contributed by atoms with Gasteiger partial charge in [-0.3, -0.25) is 14.4 Å². The fourth-order valence-corrected chi connectivity index (χ4v) is 5.13. The van der Waals surface area contributed by atoms with Crippen LogP contribution in [0.15, 0.2) is 11.8 Å². The molecule has 2 rings (SSSR count). The van der Waals surface area contributed by atoms with Gasteiger partial charge in [-0.2, -0.15) is 0 Å². The lowest BCUT2D eigenvalue weighted by Gasteiger charge is -2.48. The van der Waals surface area contributed by atoms with Gasteiger partial charge in [-0.15, -0.1) is 0 Å². The number of hydrogen-bond donors (Lipinski definition) is 1. The minimum atomic E-state index is -0.814. The zero-order valence-corrected chi connectivity index (χ0v) is 21.0. The lowest BCUT2D eigenvalue weighted by molar-refractivity contribution is -0.162. The Morgan fingerprint density at radius 2 is 1.91 bits per heavy atom. The molecule has 2 aliphatic rings. The van der Waals surface area contributed by atoms with Crippen molar-refractivity contribution < 1.29 is 23.9 Å². The average Bonchev–Trinajstić information content (AvgIpc) is 2.81. The number of likely N-dealkylation sites (tertiary alicyclic amines) is 1. The minimum absolute atomic E-state index is 0.0244. The van der Waals surface area contributed by atoms with Crippen LogP contribution in [0.3, 0.4) is 0 Å². The quantitative estimate of drug-likeness (QED) is 0.288. The summed E-state index contributed by atoms with van der Waals surface area (Å²) in [7, 11) is 1.63. The van der Waals surface area contributed by atoms with Crippen LogP contribution in [0.5, 0.6) is 0 Å². The van der Waals surface area contributed by atoms with Gasteiger partial charge in [0.15, 0.2) is 0 Å². The molecular formula is C26H44N2O5. The van der Waals surface area contributed by atoms with Crippen molar-refractivity contribution in [1.29, 1.82) is 0 Å². The molecule has 1 N–H and O–H groups in total. The predicted molar refractivity (Wildman–Crippen MR) is 128 cm³/mol. The van der Waals surface area contributed by atoms with Crippen LogP contribution in [0, 0.1) is 11.3 Å². The summed E-state index contributed by atoms with van der Waals surface area (Å²) in [6, 6.07) is 0. The van der Waals surface area contributed by atoms with Crippen molar-refractivity contribution in [3.63, 3.8) is 0 Å². The molecule has 0 bridgehead atoms. The minimum Gasteiger partial charge on any atom is -0.465 e. The first-order valence-corrected chi connectivity index (χ1v) is 12.9. The third-order valence-corrected chi connectivity index (χ3v) is 6.82. The topological polar surface area (TPSA) is 84.9 Å². The molecule has 1 aliphatic heterocycles. The third-order valence-electron chi connectivity index (χ3n) is 6.82. The second kappa shape index (κ2) is 14.4. The Labute approximate surface area is 199 Å². The van der Waals surface area contributed by atoms with Crippen LogP contribution in [0.25, 0.3) is 0 Å². The Morgan fingerprint density at radius 3 is 2.64 bits per heavy atom. The first-order chi connectivity index (χ1) is 16.0. The number of ether oxygens (including phenoxy) is 2. The highest BCUT2D eigenvalue weighted by Crippen LogP contribution is 2.50. The highest BCUT2D eigenvalue weighted by atomic mass is 16.5. The highest BCUT2D eigenvalue weighted by molar-refractivity contribution is 5.92. The standard InChI is InChI=1S/C26H44N2O5/c1-4-6-7-8-9-12-17-28-22-14-10-11-15-26(22,25(31)33-5-2)20-21(24(28)30)19-23(29)27-16-13-18-32-3/h14,21H,4-13,15-20H2,1-3H3,(H,27,29)/t21-,26+/m1/s1. The van der Waals surface area contributed by atoms with E-state index < -0.39 is 11.3 Å². The van der Waals surface area contributed by atoms with Gasteiger partial charge in [0.1, 0.15) is 5.41 Å². The lowest BCUT2D eigenvalue weighted by atomic mass is 9.66. The summed E-state index contributed by atoms with van der Waals surface area (Å²) in [6.07, 6.45) is 12.5. The molecular weight excluding hydrogens is 420 g/mol. The van der Waals surface area contributed by atoms with E-state index in [1.165, 1.54) is 19.3 Å². The second-order valence-corrected chi connectivity index (χ2v) is 9.34. The smallest absolute Gasteiger partial charge is 0.318 e. The normalized spacial score (nSPS) is 22.5. The van der Waals surface area contributed by atoms with Crippen molar-refractivity contribution in [3.05, 3.63) is 11.8 Å². The maximum Gasteiger partial charge on any atom is 0.318 e. The fraction of sp³-hybridized carbons (Fsp3) is 0.808. The molecule has 2 amide bonds. The van der Waals surface area contributed by atoms with Crippen molar-refractivity contribution in [3.8, 4) is 0 Å². The van der Waals surface area contributed by atoms with Crippen LogP contribution in [-0.4, -0.2) is 56.1 Å². The third kappa shape index (κ3) is 7.56. The first-order valence-electron chi connectivity index (χ1n) is 12.9. The van der Waals surface area contributed by atoms with E-state index in [-0.39, 0.29) is 24.2 Å². The molecule has 7 nitrogen and oxygen atoms in total. The Hall–Kier alpha value is -1.89. The molecule has 0 aromatic heterocycles. The number of nitrogens with one attached hydrogen (secondary N) is 1. The fourth-order valence-electron chi connectivity index (χ4n) is 5.13. The molecule has 0 unspecified atom stereocenters. The molecule has 1 aliphatic carbocycles. The molecule has 1 fully saturated rings. The summed E-state index contributed by atoms with van der Waals surface area (Å²) in [5.74, 6) is -0.927. The molecule has 0 spiro atoms. The number of allylic oxidation sites excluding steroid dienone is 1. The molecule has 33 heavy (non-hydrogen) atoms. The van der Waals surface area contributed by atoms with Crippen molar-refractivity contribution in [2.75, 3.05) is 33.4 Å². The number of carbonyl (C=O) groups is 3.